The molecule has 0 unspecified atom stereocenters. The quantitative estimate of drug-likeness (QED) is 0.520. The Morgan fingerprint density at radius 2 is 1.77 bits per heavy atom. The molecule has 0 aliphatic heterocycles. The van der Waals surface area contributed by atoms with Crippen LogP contribution in [0.15, 0.2) is 47.5 Å². The number of phenolic OH excluding ortho intramolecular Hbond substituents is 1. The first-order valence-corrected chi connectivity index (χ1v) is 6.89. The molecule has 2 rings (SSSR count). The van der Waals surface area contributed by atoms with E-state index in [-0.39, 0.29) is 16.9 Å². The molecule has 0 aliphatic rings. The maximum atomic E-state index is 10.8. The van der Waals surface area contributed by atoms with Crippen LogP contribution >= 0.6 is 0 Å². The second-order valence-corrected chi connectivity index (χ2v) is 6.06. The highest BCUT2D eigenvalue weighted by Gasteiger charge is 2.13. The molecule has 5 nitrogen and oxygen atoms in total. The predicted octanol–water partition coefficient (Wildman–Crippen LogP) is 4.35. The van der Waals surface area contributed by atoms with Crippen molar-refractivity contribution in [1.29, 1.82) is 0 Å². The number of rotatable bonds is 3. The zero-order valence-electron chi connectivity index (χ0n) is 12.8. The highest BCUT2D eigenvalue weighted by atomic mass is 16.6. The van der Waals surface area contributed by atoms with Crippen LogP contribution in [0.3, 0.4) is 0 Å². The monoisotopic (exact) mass is 298 g/mol. The lowest BCUT2D eigenvalue weighted by molar-refractivity contribution is -0.385. The van der Waals surface area contributed by atoms with E-state index in [1.807, 2.05) is 24.3 Å². The normalized spacial score (nSPS) is 11.8. The van der Waals surface area contributed by atoms with E-state index in [4.69, 9.17) is 0 Å². The van der Waals surface area contributed by atoms with Gasteiger partial charge in [-0.3, -0.25) is 15.1 Å². The molecule has 2 aromatic rings. The topological polar surface area (TPSA) is 75.7 Å². The van der Waals surface area contributed by atoms with Crippen LogP contribution in [0.25, 0.3) is 0 Å². The minimum atomic E-state index is -0.620. The number of nitro benzene ring substituents is 1. The summed E-state index contributed by atoms with van der Waals surface area (Å²) in [5.74, 6) is -0.350. The van der Waals surface area contributed by atoms with Crippen molar-refractivity contribution in [3.63, 3.8) is 0 Å². The average molecular weight is 298 g/mol. The van der Waals surface area contributed by atoms with Crippen LogP contribution in [0.5, 0.6) is 5.75 Å². The standard InChI is InChI=1S/C17H18N2O3/c1-17(2,3)13-5-7-14(8-6-13)18-11-12-4-9-16(20)15(10-12)19(21)22/h4-11,20H,1-3H3. The van der Waals surface area contributed by atoms with Gasteiger partial charge in [-0.05, 0) is 40.8 Å². The Labute approximate surface area is 129 Å². The fourth-order valence-electron chi connectivity index (χ4n) is 1.96. The Morgan fingerprint density at radius 1 is 1.14 bits per heavy atom. The second-order valence-electron chi connectivity index (χ2n) is 6.06. The smallest absolute Gasteiger partial charge is 0.311 e. The number of hydrogen-bond donors (Lipinski definition) is 1. The van der Waals surface area contributed by atoms with Crippen LogP contribution in [0.2, 0.25) is 0 Å². The van der Waals surface area contributed by atoms with Gasteiger partial charge in [-0.15, -0.1) is 0 Å². The van der Waals surface area contributed by atoms with Crippen LogP contribution in [-0.4, -0.2) is 16.2 Å². The fourth-order valence-corrected chi connectivity index (χ4v) is 1.96. The van der Waals surface area contributed by atoms with Crippen molar-refractivity contribution < 1.29 is 10.0 Å². The van der Waals surface area contributed by atoms with Crippen LogP contribution in [0.4, 0.5) is 11.4 Å². The maximum absolute atomic E-state index is 10.8. The van der Waals surface area contributed by atoms with Crippen molar-refractivity contribution in [2.75, 3.05) is 0 Å². The molecule has 0 saturated heterocycles. The number of aliphatic imine (C=N–C) groups is 1. The van der Waals surface area contributed by atoms with Gasteiger partial charge in [0.15, 0.2) is 5.75 Å². The molecule has 5 heteroatoms. The fraction of sp³-hybridized carbons (Fsp3) is 0.235. The summed E-state index contributed by atoms with van der Waals surface area (Å²) in [4.78, 5) is 14.5. The molecule has 0 aromatic heterocycles. The summed E-state index contributed by atoms with van der Waals surface area (Å²) < 4.78 is 0. The van der Waals surface area contributed by atoms with Crippen molar-refractivity contribution in [3.8, 4) is 5.75 Å². The van der Waals surface area contributed by atoms with Gasteiger partial charge in [-0.2, -0.15) is 0 Å². The van der Waals surface area contributed by atoms with E-state index >= 15 is 0 Å². The Hall–Kier alpha value is -2.69. The predicted molar refractivity (Wildman–Crippen MR) is 87.2 cm³/mol. The van der Waals surface area contributed by atoms with Crippen LogP contribution in [-0.2, 0) is 5.41 Å². The van der Waals surface area contributed by atoms with Crippen LogP contribution in [0, 0.1) is 10.1 Å². The zero-order valence-corrected chi connectivity index (χ0v) is 12.8. The first-order valence-electron chi connectivity index (χ1n) is 6.89. The van der Waals surface area contributed by atoms with Gasteiger partial charge < -0.3 is 5.11 Å². The molecule has 2 aromatic carbocycles. The third kappa shape index (κ3) is 3.69. The summed E-state index contributed by atoms with van der Waals surface area (Å²) in [5.41, 5.74) is 2.30. The maximum Gasteiger partial charge on any atom is 0.311 e. The highest BCUT2D eigenvalue weighted by Crippen LogP contribution is 2.27. The Kier molecular flexibility index (Phi) is 4.26. The molecular formula is C17H18N2O3. The Balaban J connectivity index is 2.22. The van der Waals surface area contributed by atoms with Crippen LogP contribution in [0.1, 0.15) is 31.9 Å². The summed E-state index contributed by atoms with van der Waals surface area (Å²) in [6, 6.07) is 12.0. The van der Waals surface area contributed by atoms with Gasteiger partial charge in [-0.1, -0.05) is 32.9 Å². The minimum absolute atomic E-state index is 0.0831. The molecule has 0 bridgehead atoms. The summed E-state index contributed by atoms with van der Waals surface area (Å²) in [5, 5.41) is 20.2. The van der Waals surface area contributed by atoms with Crippen molar-refractivity contribution >= 4 is 17.6 Å². The third-order valence-electron chi connectivity index (χ3n) is 3.29. The van der Waals surface area contributed by atoms with Gasteiger partial charge in [0.25, 0.3) is 0 Å². The Bertz CT molecular complexity index is 714. The lowest BCUT2D eigenvalue weighted by Crippen LogP contribution is -2.10. The van der Waals surface area contributed by atoms with E-state index in [1.54, 1.807) is 12.3 Å². The molecular weight excluding hydrogens is 280 g/mol. The summed E-state index contributed by atoms with van der Waals surface area (Å²) in [6.45, 7) is 6.42. The largest absolute Gasteiger partial charge is 0.502 e. The van der Waals surface area contributed by atoms with Gasteiger partial charge >= 0.3 is 5.69 Å². The number of benzene rings is 2. The molecule has 0 atom stereocenters. The molecule has 0 spiro atoms. The van der Waals surface area contributed by atoms with Gasteiger partial charge in [0.05, 0.1) is 10.6 Å². The molecule has 0 radical (unpaired) electrons. The average Bonchev–Trinajstić information content (AvgIpc) is 2.45. The van der Waals surface area contributed by atoms with Crippen LogP contribution < -0.4 is 0 Å². The van der Waals surface area contributed by atoms with Gasteiger partial charge in [0.1, 0.15) is 0 Å². The SMILES string of the molecule is CC(C)(C)c1ccc(N=Cc2ccc(O)c([N+](=O)[O-])c2)cc1. The summed E-state index contributed by atoms with van der Waals surface area (Å²) >= 11 is 0. The number of nitro groups is 1. The van der Waals surface area contributed by atoms with Gasteiger partial charge in [0.2, 0.25) is 0 Å². The van der Waals surface area contributed by atoms with Crippen molar-refractivity contribution in [2.45, 2.75) is 26.2 Å². The molecule has 0 saturated carbocycles. The van der Waals surface area contributed by atoms with Gasteiger partial charge in [-0.25, -0.2) is 0 Å². The highest BCUT2D eigenvalue weighted by molar-refractivity contribution is 5.83. The number of hydrogen-bond acceptors (Lipinski definition) is 4. The third-order valence-corrected chi connectivity index (χ3v) is 3.29. The molecule has 1 N–H and O–H groups in total. The van der Waals surface area contributed by atoms with E-state index in [2.05, 4.69) is 25.8 Å². The Morgan fingerprint density at radius 3 is 2.32 bits per heavy atom. The van der Waals surface area contributed by atoms with E-state index in [9.17, 15) is 15.2 Å². The number of aromatic hydroxyl groups is 1. The number of phenols is 1. The molecule has 0 aliphatic carbocycles. The van der Waals surface area contributed by atoms with Crippen molar-refractivity contribution in [3.05, 3.63) is 63.7 Å². The zero-order chi connectivity index (χ0) is 16.3. The van der Waals surface area contributed by atoms with Crippen molar-refractivity contribution in [1.82, 2.24) is 0 Å². The summed E-state index contributed by atoms with van der Waals surface area (Å²) in [6.07, 6.45) is 1.54. The van der Waals surface area contributed by atoms with E-state index in [0.29, 0.717) is 5.56 Å². The minimum Gasteiger partial charge on any atom is -0.502 e. The summed E-state index contributed by atoms with van der Waals surface area (Å²) in [7, 11) is 0. The number of nitrogens with zero attached hydrogens (tertiary/aromatic N) is 2. The molecule has 22 heavy (non-hydrogen) atoms. The molecule has 0 amide bonds. The van der Waals surface area contributed by atoms with Crippen molar-refractivity contribution in [2.24, 2.45) is 4.99 Å². The lowest BCUT2D eigenvalue weighted by Gasteiger charge is -2.18. The van der Waals surface area contributed by atoms with Gasteiger partial charge in [0, 0.05) is 12.3 Å². The van der Waals surface area contributed by atoms with E-state index < -0.39 is 4.92 Å². The molecule has 114 valence electrons. The first-order chi connectivity index (χ1) is 10.3. The van der Waals surface area contributed by atoms with E-state index in [1.165, 1.54) is 17.7 Å². The first kappa shape index (κ1) is 15.7. The van der Waals surface area contributed by atoms with E-state index in [0.717, 1.165) is 5.69 Å². The second kappa shape index (κ2) is 5.97. The lowest BCUT2D eigenvalue weighted by atomic mass is 9.87. The molecule has 0 fully saturated rings. The molecule has 0 heterocycles.